The highest BCUT2D eigenvalue weighted by molar-refractivity contribution is 7.93. The highest BCUT2D eigenvalue weighted by Gasteiger charge is 2.55. The number of ether oxygens (including phenoxy) is 2. The Bertz CT molecular complexity index is 1160. The molecule has 3 aliphatic carbocycles. The SMILES string of the molecule is COCO[C@H]1C[C@H](O[Si](C)(C)C(C)(C)C)CC2=C1[C@@H](F)S(=O)(=O)[C@H]2/C=C1\CCC[C@]2(C)[C@@H]([C@H](C)CCCC(C)C)CC[C@@H]12. The van der Waals surface area contributed by atoms with Gasteiger partial charge in [0.2, 0.25) is 5.50 Å². The topological polar surface area (TPSA) is 61.8 Å². The molecule has 2 fully saturated rings. The van der Waals surface area contributed by atoms with Gasteiger partial charge in [-0.25, -0.2) is 12.8 Å². The van der Waals surface area contributed by atoms with E-state index in [1.807, 2.05) is 6.08 Å². The van der Waals surface area contributed by atoms with Crippen molar-refractivity contribution in [2.45, 2.75) is 154 Å². The van der Waals surface area contributed by atoms with Crippen LogP contribution in [0.1, 0.15) is 113 Å². The van der Waals surface area contributed by atoms with Gasteiger partial charge in [-0.2, -0.15) is 0 Å². The molecule has 0 aromatic rings. The summed E-state index contributed by atoms with van der Waals surface area (Å²) in [6.07, 6.45) is 11.3. The van der Waals surface area contributed by atoms with Crippen molar-refractivity contribution >= 4 is 18.2 Å². The Kier molecular flexibility index (Phi) is 10.9. The zero-order valence-electron chi connectivity index (χ0n) is 28.8. The summed E-state index contributed by atoms with van der Waals surface area (Å²) in [5, 5.41) is -0.926. The lowest BCUT2D eigenvalue weighted by Gasteiger charge is -2.45. The first-order chi connectivity index (χ1) is 19.9. The molecule has 0 bridgehead atoms. The zero-order valence-corrected chi connectivity index (χ0v) is 30.6. The molecule has 43 heavy (non-hydrogen) atoms. The summed E-state index contributed by atoms with van der Waals surface area (Å²) >= 11 is 0. The van der Waals surface area contributed by atoms with Crippen LogP contribution in [-0.2, 0) is 23.7 Å². The molecule has 0 spiro atoms. The first-order valence-electron chi connectivity index (χ1n) is 17.0. The third-order valence-electron chi connectivity index (χ3n) is 12.1. The van der Waals surface area contributed by atoms with E-state index in [1.54, 1.807) is 0 Å². The number of rotatable bonds is 11. The van der Waals surface area contributed by atoms with E-state index in [-0.39, 0.29) is 23.4 Å². The summed E-state index contributed by atoms with van der Waals surface area (Å²) < 4.78 is 61.7. The molecule has 0 radical (unpaired) electrons. The summed E-state index contributed by atoms with van der Waals surface area (Å²) in [5.41, 5.74) is 0.394. The fraction of sp³-hybridized carbons (Fsp3) is 0.886. The third-order valence-corrected chi connectivity index (χ3v) is 18.6. The molecule has 8 heteroatoms. The van der Waals surface area contributed by atoms with Crippen LogP contribution in [0.5, 0.6) is 0 Å². The lowest BCUT2D eigenvalue weighted by atomic mass is 9.60. The molecule has 0 amide bonds. The van der Waals surface area contributed by atoms with E-state index < -0.39 is 35.0 Å². The molecule has 0 aromatic heterocycles. The van der Waals surface area contributed by atoms with E-state index in [0.717, 1.165) is 25.2 Å². The van der Waals surface area contributed by atoms with Gasteiger partial charge in [-0.05, 0) is 91.3 Å². The van der Waals surface area contributed by atoms with Crippen LogP contribution in [0.25, 0.3) is 0 Å². The van der Waals surface area contributed by atoms with E-state index in [4.69, 9.17) is 13.9 Å². The van der Waals surface area contributed by atoms with Crippen molar-refractivity contribution in [1.82, 2.24) is 0 Å². The second-order valence-electron chi connectivity index (χ2n) is 16.4. The molecule has 248 valence electrons. The Morgan fingerprint density at radius 1 is 1.14 bits per heavy atom. The number of hydrogen-bond donors (Lipinski definition) is 0. The van der Waals surface area contributed by atoms with Gasteiger partial charge in [-0.3, -0.25) is 0 Å². The minimum absolute atomic E-state index is 0.00773. The van der Waals surface area contributed by atoms with Gasteiger partial charge in [0.05, 0.1) is 12.2 Å². The zero-order chi connectivity index (χ0) is 32.0. The number of methoxy groups -OCH3 is 1. The van der Waals surface area contributed by atoms with Gasteiger partial charge in [-0.1, -0.05) is 79.4 Å². The molecule has 2 saturated carbocycles. The summed E-state index contributed by atoms with van der Waals surface area (Å²) in [7, 11) is -4.69. The van der Waals surface area contributed by atoms with E-state index in [9.17, 15) is 8.42 Å². The predicted octanol–water partition coefficient (Wildman–Crippen LogP) is 9.15. The molecule has 8 atom stereocenters. The van der Waals surface area contributed by atoms with Crippen molar-refractivity contribution in [1.29, 1.82) is 0 Å². The van der Waals surface area contributed by atoms with Crippen LogP contribution >= 0.6 is 0 Å². The minimum Gasteiger partial charge on any atom is -0.414 e. The van der Waals surface area contributed by atoms with E-state index in [1.165, 1.54) is 44.8 Å². The second-order valence-corrected chi connectivity index (χ2v) is 23.3. The third kappa shape index (κ3) is 7.08. The normalized spacial score (nSPS) is 36.3. The minimum atomic E-state index is -4.08. The number of fused-ring (bicyclic) bond motifs is 1. The molecule has 4 aliphatic rings. The highest BCUT2D eigenvalue weighted by atomic mass is 32.2. The van der Waals surface area contributed by atoms with E-state index in [2.05, 4.69) is 61.6 Å². The van der Waals surface area contributed by atoms with E-state index in [0.29, 0.717) is 41.7 Å². The quantitative estimate of drug-likeness (QED) is 0.128. The standard InChI is InChI=1S/C35H61FO5SSi/c1-23(2)13-11-14-24(3)28-16-17-29-25(15-12-18-35(28,29)7)19-31-27-20-26(41-43(9,10)34(4,5)6)21-30(40-22-39-8)32(27)33(36)42(31,37)38/h19,23-24,26,28-31,33H,11-18,20-22H2,1-10H3/b25-19+/t24-,26-,28-,29+,30+,31+,33+,35-/m1/s1. The Balaban J connectivity index is 1.65. The fourth-order valence-electron chi connectivity index (χ4n) is 8.74. The number of sulfone groups is 1. The van der Waals surface area contributed by atoms with Crippen LogP contribution < -0.4 is 0 Å². The number of hydrogen-bond acceptors (Lipinski definition) is 5. The first kappa shape index (κ1) is 35.3. The Morgan fingerprint density at radius 2 is 1.84 bits per heavy atom. The summed E-state index contributed by atoms with van der Waals surface area (Å²) in [5.74, 6) is 2.43. The smallest absolute Gasteiger partial charge is 0.225 e. The maximum atomic E-state index is 16.0. The molecule has 0 aromatic carbocycles. The molecule has 0 N–H and O–H groups in total. The summed E-state index contributed by atoms with van der Waals surface area (Å²) in [4.78, 5) is 0. The average Bonchev–Trinajstić information content (AvgIpc) is 3.34. The molecule has 1 heterocycles. The van der Waals surface area contributed by atoms with Crippen LogP contribution in [0.2, 0.25) is 18.1 Å². The Labute approximate surface area is 263 Å². The lowest BCUT2D eigenvalue weighted by Crippen LogP contribution is -2.46. The predicted molar refractivity (Wildman–Crippen MR) is 177 cm³/mol. The molecule has 4 rings (SSSR count). The maximum absolute atomic E-state index is 16.0. The fourth-order valence-corrected chi connectivity index (χ4v) is 12.0. The monoisotopic (exact) mass is 640 g/mol. The maximum Gasteiger partial charge on any atom is 0.225 e. The van der Waals surface area contributed by atoms with Gasteiger partial charge in [0.1, 0.15) is 12.0 Å². The van der Waals surface area contributed by atoms with Crippen LogP contribution in [0.4, 0.5) is 4.39 Å². The highest BCUT2D eigenvalue weighted by Crippen LogP contribution is 2.60. The molecule has 0 saturated heterocycles. The van der Waals surface area contributed by atoms with E-state index >= 15 is 4.39 Å². The van der Waals surface area contributed by atoms with Gasteiger partial charge in [0.25, 0.3) is 0 Å². The average molecular weight is 641 g/mol. The summed E-state index contributed by atoms with van der Waals surface area (Å²) in [6.45, 7) is 20.5. The Morgan fingerprint density at radius 3 is 2.47 bits per heavy atom. The lowest BCUT2D eigenvalue weighted by molar-refractivity contribution is -0.0752. The molecular weight excluding hydrogens is 580 g/mol. The van der Waals surface area contributed by atoms with Gasteiger partial charge in [-0.15, -0.1) is 0 Å². The number of allylic oxidation sites excluding steroid dienone is 1. The van der Waals surface area contributed by atoms with Crippen LogP contribution in [0.3, 0.4) is 0 Å². The van der Waals surface area contributed by atoms with Gasteiger partial charge >= 0.3 is 0 Å². The van der Waals surface area contributed by atoms with Crippen LogP contribution in [-0.4, -0.2) is 53.6 Å². The van der Waals surface area contributed by atoms with Crippen molar-refractivity contribution in [2.75, 3.05) is 13.9 Å². The van der Waals surface area contributed by atoms with Crippen molar-refractivity contribution < 1.29 is 26.7 Å². The van der Waals surface area contributed by atoms with Crippen molar-refractivity contribution in [3.8, 4) is 0 Å². The molecule has 1 aliphatic heterocycles. The largest absolute Gasteiger partial charge is 0.414 e. The van der Waals surface area contributed by atoms with Crippen molar-refractivity contribution in [2.24, 2.45) is 29.1 Å². The molecule has 0 unspecified atom stereocenters. The van der Waals surface area contributed by atoms with Gasteiger partial charge < -0.3 is 13.9 Å². The number of halogens is 1. The first-order valence-corrected chi connectivity index (χ1v) is 21.5. The van der Waals surface area contributed by atoms with Crippen molar-refractivity contribution in [3.05, 3.63) is 22.8 Å². The van der Waals surface area contributed by atoms with Crippen LogP contribution in [0.15, 0.2) is 22.8 Å². The second kappa shape index (κ2) is 13.3. The van der Waals surface area contributed by atoms with Crippen LogP contribution in [0, 0.1) is 29.1 Å². The van der Waals surface area contributed by atoms with Gasteiger partial charge in [0, 0.05) is 19.1 Å². The molecule has 5 nitrogen and oxygen atoms in total. The summed E-state index contributed by atoms with van der Waals surface area (Å²) in [6, 6.07) is 0. The molecular formula is C35H61FO5SSi. The Hall–Kier alpha value is -0.543. The van der Waals surface area contributed by atoms with Crippen molar-refractivity contribution in [3.63, 3.8) is 0 Å². The number of alkyl halides is 1. The van der Waals surface area contributed by atoms with Gasteiger partial charge in [0.15, 0.2) is 18.2 Å².